The molecule has 180 valence electrons. The second kappa shape index (κ2) is 10.00. The maximum Gasteiger partial charge on any atom is 0.0467 e. The zero-order valence-corrected chi connectivity index (χ0v) is 22.5. The van der Waals surface area contributed by atoms with Gasteiger partial charge in [-0.25, -0.2) is 0 Å². The van der Waals surface area contributed by atoms with Gasteiger partial charge in [-0.1, -0.05) is 59.7 Å². The van der Waals surface area contributed by atoms with Gasteiger partial charge in [0.1, 0.15) is 0 Å². The number of hydrogen-bond acceptors (Lipinski definition) is 2. The number of nitrogens with zero attached hydrogens (tertiary/aromatic N) is 2. The number of benzene rings is 4. The van der Waals surface area contributed by atoms with Crippen molar-refractivity contribution < 1.29 is 0 Å². The second-order valence-electron chi connectivity index (χ2n) is 10.1. The first-order chi connectivity index (χ1) is 16.6. The Morgan fingerprint density at radius 2 is 0.743 bits per heavy atom. The molecule has 0 atom stereocenters. The van der Waals surface area contributed by atoms with Crippen LogP contribution < -0.4 is 9.80 Å². The predicted molar refractivity (Wildman–Crippen MR) is 153 cm³/mol. The molecule has 0 radical (unpaired) electrons. The van der Waals surface area contributed by atoms with E-state index in [-0.39, 0.29) is 0 Å². The first kappa shape index (κ1) is 24.6. The molecule has 4 aromatic rings. The van der Waals surface area contributed by atoms with Gasteiger partial charge >= 0.3 is 0 Å². The Bertz CT molecular complexity index is 1180. The Balaban J connectivity index is 1.48. The van der Waals surface area contributed by atoms with Gasteiger partial charge in [-0.15, -0.1) is 0 Å². The molecule has 2 nitrogen and oxygen atoms in total. The Morgan fingerprint density at radius 3 is 1.03 bits per heavy atom. The molecule has 0 N–H and O–H groups in total. The van der Waals surface area contributed by atoms with Crippen molar-refractivity contribution in [3.63, 3.8) is 0 Å². The lowest BCUT2D eigenvalue weighted by Gasteiger charge is -2.25. The van der Waals surface area contributed by atoms with E-state index in [9.17, 15) is 0 Å². The van der Waals surface area contributed by atoms with Gasteiger partial charge in [0.25, 0.3) is 0 Å². The van der Waals surface area contributed by atoms with E-state index < -0.39 is 0 Å². The molecular weight excluding hydrogens is 424 g/mol. The maximum absolute atomic E-state index is 2.30. The molecule has 0 heterocycles. The summed E-state index contributed by atoms with van der Waals surface area (Å²) in [6.07, 6.45) is 0.930. The molecular formula is C33H38N2. The maximum atomic E-state index is 2.30. The standard InChI is InChI=1S/C33H38N2/c1-22-17-24(3)32(25(4)18-22)34(7)30-13-9-28(10-14-30)21-29-11-15-31(16-12-29)35(8)33-26(5)19-23(2)20-27(33)6/h9-20H,21H2,1-8H3. The molecule has 4 rings (SSSR count). The van der Waals surface area contributed by atoms with Crippen LogP contribution in [0.1, 0.15) is 44.5 Å². The van der Waals surface area contributed by atoms with E-state index in [0.29, 0.717) is 0 Å². The van der Waals surface area contributed by atoms with Gasteiger partial charge in [0, 0.05) is 36.8 Å². The fourth-order valence-electron chi connectivity index (χ4n) is 5.57. The van der Waals surface area contributed by atoms with Crippen molar-refractivity contribution in [2.45, 2.75) is 48.0 Å². The highest BCUT2D eigenvalue weighted by atomic mass is 15.1. The summed E-state index contributed by atoms with van der Waals surface area (Å²) in [6.45, 7) is 13.1. The lowest BCUT2D eigenvalue weighted by Crippen LogP contribution is -2.13. The lowest BCUT2D eigenvalue weighted by atomic mass is 10.0. The molecule has 0 bridgehead atoms. The molecule has 0 aliphatic rings. The van der Waals surface area contributed by atoms with Crippen LogP contribution in [-0.4, -0.2) is 14.1 Å². The summed E-state index contributed by atoms with van der Waals surface area (Å²) >= 11 is 0. The van der Waals surface area contributed by atoms with Crippen molar-refractivity contribution in [1.29, 1.82) is 0 Å². The molecule has 35 heavy (non-hydrogen) atoms. The van der Waals surface area contributed by atoms with Crippen molar-refractivity contribution in [3.8, 4) is 0 Å². The minimum absolute atomic E-state index is 0.930. The molecule has 2 heteroatoms. The Hall–Kier alpha value is -3.52. The van der Waals surface area contributed by atoms with Gasteiger partial charge in [-0.05, 0) is 106 Å². The van der Waals surface area contributed by atoms with Crippen LogP contribution in [0.5, 0.6) is 0 Å². The topological polar surface area (TPSA) is 6.48 Å². The van der Waals surface area contributed by atoms with E-state index >= 15 is 0 Å². The van der Waals surface area contributed by atoms with Crippen LogP contribution in [0, 0.1) is 41.5 Å². The fourth-order valence-corrected chi connectivity index (χ4v) is 5.57. The first-order valence-corrected chi connectivity index (χ1v) is 12.4. The van der Waals surface area contributed by atoms with Crippen LogP contribution >= 0.6 is 0 Å². The molecule has 0 saturated carbocycles. The van der Waals surface area contributed by atoms with Crippen molar-refractivity contribution >= 4 is 22.7 Å². The second-order valence-corrected chi connectivity index (χ2v) is 10.1. The zero-order chi connectivity index (χ0) is 25.3. The Morgan fingerprint density at radius 1 is 0.457 bits per heavy atom. The third-order valence-corrected chi connectivity index (χ3v) is 7.00. The fraction of sp³-hybridized carbons (Fsp3) is 0.273. The van der Waals surface area contributed by atoms with Crippen molar-refractivity contribution in [2.75, 3.05) is 23.9 Å². The minimum Gasteiger partial charge on any atom is -0.344 e. The smallest absolute Gasteiger partial charge is 0.0467 e. The highest BCUT2D eigenvalue weighted by Crippen LogP contribution is 2.33. The number of rotatable bonds is 6. The number of aryl methyl sites for hydroxylation is 6. The summed E-state index contributed by atoms with van der Waals surface area (Å²) < 4.78 is 0. The van der Waals surface area contributed by atoms with Gasteiger partial charge < -0.3 is 9.80 Å². The van der Waals surface area contributed by atoms with Crippen molar-refractivity contribution in [2.24, 2.45) is 0 Å². The van der Waals surface area contributed by atoms with Gasteiger partial charge in [0.2, 0.25) is 0 Å². The molecule has 0 fully saturated rings. The first-order valence-electron chi connectivity index (χ1n) is 12.4. The largest absolute Gasteiger partial charge is 0.344 e. The molecule has 0 spiro atoms. The number of hydrogen-bond donors (Lipinski definition) is 0. The van der Waals surface area contributed by atoms with Crippen LogP contribution in [0.2, 0.25) is 0 Å². The molecule has 0 unspecified atom stereocenters. The summed E-state index contributed by atoms with van der Waals surface area (Å²) in [6, 6.07) is 27.0. The summed E-state index contributed by atoms with van der Waals surface area (Å²) in [5.74, 6) is 0. The van der Waals surface area contributed by atoms with Gasteiger partial charge in [0.05, 0.1) is 0 Å². The van der Waals surface area contributed by atoms with Crippen LogP contribution in [0.4, 0.5) is 22.7 Å². The zero-order valence-electron chi connectivity index (χ0n) is 22.5. The van der Waals surface area contributed by atoms with Crippen LogP contribution in [0.25, 0.3) is 0 Å². The summed E-state index contributed by atoms with van der Waals surface area (Å²) in [5, 5.41) is 0. The monoisotopic (exact) mass is 462 g/mol. The Labute approximate surface area is 211 Å². The third-order valence-electron chi connectivity index (χ3n) is 7.00. The van der Waals surface area contributed by atoms with Gasteiger partial charge in [-0.3, -0.25) is 0 Å². The van der Waals surface area contributed by atoms with E-state index in [0.717, 1.165) is 6.42 Å². The highest BCUT2D eigenvalue weighted by Gasteiger charge is 2.12. The van der Waals surface area contributed by atoms with E-state index in [4.69, 9.17) is 0 Å². The van der Waals surface area contributed by atoms with Gasteiger partial charge in [0.15, 0.2) is 0 Å². The molecule has 0 aliphatic carbocycles. The van der Waals surface area contributed by atoms with E-state index in [1.54, 1.807) is 0 Å². The molecule has 4 aromatic carbocycles. The molecule has 0 saturated heterocycles. The average molecular weight is 463 g/mol. The van der Waals surface area contributed by atoms with E-state index in [2.05, 4.69) is 138 Å². The number of anilines is 4. The van der Waals surface area contributed by atoms with E-state index in [1.807, 2.05) is 0 Å². The van der Waals surface area contributed by atoms with Gasteiger partial charge in [-0.2, -0.15) is 0 Å². The molecule has 0 aliphatic heterocycles. The summed E-state index contributed by atoms with van der Waals surface area (Å²) in [7, 11) is 4.32. The summed E-state index contributed by atoms with van der Waals surface area (Å²) in [4.78, 5) is 4.60. The quantitative estimate of drug-likeness (QED) is 0.283. The average Bonchev–Trinajstić information content (AvgIpc) is 2.78. The van der Waals surface area contributed by atoms with E-state index in [1.165, 1.54) is 67.3 Å². The molecule has 0 aromatic heterocycles. The van der Waals surface area contributed by atoms with Crippen LogP contribution in [0.15, 0.2) is 72.8 Å². The highest BCUT2D eigenvalue weighted by molar-refractivity contribution is 5.71. The lowest BCUT2D eigenvalue weighted by molar-refractivity contribution is 1.13. The SMILES string of the molecule is Cc1cc(C)c(N(C)c2ccc(Cc3ccc(N(C)c4c(C)cc(C)cc4C)cc3)cc2)c(C)c1. The summed E-state index contributed by atoms with van der Waals surface area (Å²) in [5.41, 5.74) is 15.5. The molecule has 0 amide bonds. The predicted octanol–water partition coefficient (Wildman–Crippen LogP) is 8.66. The Kier molecular flexibility index (Phi) is 7.03. The van der Waals surface area contributed by atoms with Crippen molar-refractivity contribution in [3.05, 3.63) is 117 Å². The normalized spacial score (nSPS) is 11.0. The van der Waals surface area contributed by atoms with Crippen LogP contribution in [0.3, 0.4) is 0 Å². The van der Waals surface area contributed by atoms with Crippen molar-refractivity contribution in [1.82, 2.24) is 0 Å². The minimum atomic E-state index is 0.930. The van der Waals surface area contributed by atoms with Crippen LogP contribution in [-0.2, 0) is 6.42 Å². The third kappa shape index (κ3) is 5.27.